The molecule has 1 aliphatic carbocycles. The van der Waals surface area contributed by atoms with Crippen molar-refractivity contribution in [2.24, 2.45) is 0 Å². The minimum absolute atomic E-state index is 0.185. The molecule has 0 saturated heterocycles. The number of nitrogens with one attached hydrogen (secondary N) is 1. The zero-order chi connectivity index (χ0) is 11.6. The zero-order valence-corrected chi connectivity index (χ0v) is 10.2. The second-order valence-corrected chi connectivity index (χ2v) is 4.75. The highest BCUT2D eigenvalue weighted by Gasteiger charge is 2.29. The first-order valence-electron chi connectivity index (χ1n) is 5.78. The second-order valence-electron chi connectivity index (χ2n) is 4.75. The number of methoxy groups -OCH3 is 1. The maximum atomic E-state index is 5.19. The lowest BCUT2D eigenvalue weighted by molar-refractivity contribution is 0.393. The molecule has 1 aliphatic rings. The molecular formula is C12H19N3O. The third-order valence-corrected chi connectivity index (χ3v) is 3.36. The number of hydrogen-bond acceptors (Lipinski definition) is 4. The quantitative estimate of drug-likeness (QED) is 0.852. The van der Waals surface area contributed by atoms with Crippen LogP contribution in [0.1, 0.15) is 38.2 Å². The molecule has 4 nitrogen and oxygen atoms in total. The van der Waals surface area contributed by atoms with E-state index in [0.717, 1.165) is 11.4 Å². The largest absolute Gasteiger partial charge is 0.481 e. The first-order valence-corrected chi connectivity index (χ1v) is 5.78. The molecule has 0 radical (unpaired) electrons. The summed E-state index contributed by atoms with van der Waals surface area (Å²) in [5.74, 6) is 1.55. The van der Waals surface area contributed by atoms with Gasteiger partial charge in [0.05, 0.1) is 12.7 Å². The third-order valence-electron chi connectivity index (χ3n) is 3.36. The van der Waals surface area contributed by atoms with Crippen LogP contribution in [0, 0.1) is 6.92 Å². The highest BCUT2D eigenvalue weighted by atomic mass is 16.5. The maximum absolute atomic E-state index is 5.19. The number of hydrogen-bond donors (Lipinski definition) is 1. The molecule has 0 aromatic carbocycles. The molecular weight excluding hydrogens is 202 g/mol. The highest BCUT2D eigenvalue weighted by Crippen LogP contribution is 2.33. The molecule has 0 atom stereocenters. The Kier molecular flexibility index (Phi) is 2.99. The summed E-state index contributed by atoms with van der Waals surface area (Å²) in [7, 11) is 1.64. The van der Waals surface area contributed by atoms with E-state index < -0.39 is 0 Å². The molecule has 0 spiro atoms. The number of anilines is 1. The number of ether oxygens (including phenoxy) is 1. The topological polar surface area (TPSA) is 47.0 Å². The Labute approximate surface area is 96.4 Å². The lowest BCUT2D eigenvalue weighted by Crippen LogP contribution is -2.31. The van der Waals surface area contributed by atoms with Crippen LogP contribution in [0.2, 0.25) is 0 Å². The van der Waals surface area contributed by atoms with Crippen molar-refractivity contribution in [3.8, 4) is 5.88 Å². The van der Waals surface area contributed by atoms with Gasteiger partial charge in [-0.25, -0.2) is 9.97 Å². The van der Waals surface area contributed by atoms with Gasteiger partial charge in [-0.05, 0) is 26.7 Å². The van der Waals surface area contributed by atoms with Gasteiger partial charge < -0.3 is 10.1 Å². The summed E-state index contributed by atoms with van der Waals surface area (Å²) in [6, 6.07) is 0. The van der Waals surface area contributed by atoms with Gasteiger partial charge in [-0.2, -0.15) is 0 Å². The SMILES string of the molecule is COc1ncnc(NC2(C)CCCC2)c1C. The first-order chi connectivity index (χ1) is 7.64. The molecule has 1 N–H and O–H groups in total. The van der Waals surface area contributed by atoms with Crippen molar-refractivity contribution in [1.29, 1.82) is 0 Å². The van der Waals surface area contributed by atoms with Crippen LogP contribution < -0.4 is 10.1 Å². The normalized spacial score (nSPS) is 18.4. The van der Waals surface area contributed by atoms with Gasteiger partial charge in [0.2, 0.25) is 5.88 Å². The smallest absolute Gasteiger partial charge is 0.221 e. The Hall–Kier alpha value is -1.32. The van der Waals surface area contributed by atoms with Crippen molar-refractivity contribution >= 4 is 5.82 Å². The molecule has 1 aromatic heterocycles. The first kappa shape index (κ1) is 11.2. The summed E-state index contributed by atoms with van der Waals surface area (Å²) >= 11 is 0. The minimum atomic E-state index is 0.185. The van der Waals surface area contributed by atoms with Crippen molar-refractivity contribution in [3.05, 3.63) is 11.9 Å². The fourth-order valence-corrected chi connectivity index (χ4v) is 2.33. The van der Waals surface area contributed by atoms with E-state index in [1.165, 1.54) is 25.7 Å². The summed E-state index contributed by atoms with van der Waals surface area (Å²) in [5.41, 5.74) is 1.17. The standard InChI is InChI=1S/C12H19N3O/c1-9-10(13-8-14-11(9)16-3)15-12(2)6-4-5-7-12/h8H,4-7H2,1-3H3,(H,13,14,15). The van der Waals surface area contributed by atoms with Crippen LogP contribution in [0.4, 0.5) is 5.82 Å². The molecule has 0 amide bonds. The molecule has 88 valence electrons. The van der Waals surface area contributed by atoms with Crippen molar-refractivity contribution in [2.45, 2.75) is 45.1 Å². The van der Waals surface area contributed by atoms with Gasteiger partial charge in [0.15, 0.2) is 0 Å². The molecule has 4 heteroatoms. The predicted octanol–water partition coefficient (Wildman–Crippen LogP) is 2.54. The van der Waals surface area contributed by atoms with Crippen molar-refractivity contribution in [1.82, 2.24) is 9.97 Å². The van der Waals surface area contributed by atoms with Gasteiger partial charge in [0.25, 0.3) is 0 Å². The lowest BCUT2D eigenvalue weighted by atomic mass is 10.0. The van der Waals surface area contributed by atoms with Gasteiger partial charge >= 0.3 is 0 Å². The Morgan fingerprint density at radius 1 is 1.31 bits per heavy atom. The monoisotopic (exact) mass is 221 g/mol. The predicted molar refractivity (Wildman–Crippen MR) is 63.8 cm³/mol. The van der Waals surface area contributed by atoms with Crippen LogP contribution in [0.5, 0.6) is 5.88 Å². The zero-order valence-electron chi connectivity index (χ0n) is 10.2. The van der Waals surface area contributed by atoms with Gasteiger partial charge in [-0.1, -0.05) is 12.8 Å². The molecule has 1 heterocycles. The average molecular weight is 221 g/mol. The van der Waals surface area contributed by atoms with E-state index in [1.54, 1.807) is 13.4 Å². The van der Waals surface area contributed by atoms with Crippen LogP contribution in [-0.4, -0.2) is 22.6 Å². The Morgan fingerprint density at radius 2 is 2.00 bits per heavy atom. The summed E-state index contributed by atoms with van der Waals surface area (Å²) in [6.45, 7) is 4.24. The molecule has 2 rings (SSSR count). The second kappa shape index (κ2) is 4.28. The minimum Gasteiger partial charge on any atom is -0.481 e. The molecule has 1 saturated carbocycles. The van der Waals surface area contributed by atoms with Crippen LogP contribution in [-0.2, 0) is 0 Å². The fraction of sp³-hybridized carbons (Fsp3) is 0.667. The van der Waals surface area contributed by atoms with Crippen molar-refractivity contribution < 1.29 is 4.74 Å². The van der Waals surface area contributed by atoms with E-state index in [4.69, 9.17) is 4.74 Å². The third kappa shape index (κ3) is 2.10. The molecule has 1 aromatic rings. The Balaban J connectivity index is 2.21. The average Bonchev–Trinajstić information content (AvgIpc) is 2.68. The number of rotatable bonds is 3. The molecule has 1 fully saturated rings. The lowest BCUT2D eigenvalue weighted by Gasteiger charge is -2.26. The summed E-state index contributed by atoms with van der Waals surface area (Å²) in [6.07, 6.45) is 6.56. The van der Waals surface area contributed by atoms with E-state index in [-0.39, 0.29) is 5.54 Å². The summed E-state index contributed by atoms with van der Waals surface area (Å²) < 4.78 is 5.19. The summed E-state index contributed by atoms with van der Waals surface area (Å²) in [4.78, 5) is 8.37. The van der Waals surface area contributed by atoms with E-state index in [0.29, 0.717) is 5.88 Å². The molecule has 16 heavy (non-hydrogen) atoms. The Morgan fingerprint density at radius 3 is 2.62 bits per heavy atom. The maximum Gasteiger partial charge on any atom is 0.221 e. The molecule has 0 aliphatic heterocycles. The Bertz CT molecular complexity index is 373. The van der Waals surface area contributed by atoms with E-state index in [1.807, 2.05) is 6.92 Å². The molecule has 0 unspecified atom stereocenters. The van der Waals surface area contributed by atoms with Crippen LogP contribution in [0.15, 0.2) is 6.33 Å². The van der Waals surface area contributed by atoms with Crippen LogP contribution in [0.3, 0.4) is 0 Å². The fourth-order valence-electron chi connectivity index (χ4n) is 2.33. The van der Waals surface area contributed by atoms with Gasteiger partial charge in [0, 0.05) is 5.54 Å². The van der Waals surface area contributed by atoms with Crippen LogP contribution in [0.25, 0.3) is 0 Å². The number of aromatic nitrogens is 2. The number of nitrogens with zero attached hydrogens (tertiary/aromatic N) is 2. The van der Waals surface area contributed by atoms with Crippen molar-refractivity contribution in [2.75, 3.05) is 12.4 Å². The van der Waals surface area contributed by atoms with Crippen molar-refractivity contribution in [3.63, 3.8) is 0 Å². The summed E-state index contributed by atoms with van der Waals surface area (Å²) in [5, 5.41) is 3.53. The van der Waals surface area contributed by atoms with Gasteiger partial charge in [-0.15, -0.1) is 0 Å². The van der Waals surface area contributed by atoms with E-state index in [9.17, 15) is 0 Å². The van der Waals surface area contributed by atoms with Gasteiger partial charge in [0.1, 0.15) is 12.1 Å². The van der Waals surface area contributed by atoms with Gasteiger partial charge in [-0.3, -0.25) is 0 Å². The van der Waals surface area contributed by atoms with E-state index in [2.05, 4.69) is 22.2 Å². The molecule has 0 bridgehead atoms. The highest BCUT2D eigenvalue weighted by molar-refractivity contribution is 5.49. The van der Waals surface area contributed by atoms with Crippen LogP contribution >= 0.6 is 0 Å². The van der Waals surface area contributed by atoms with E-state index >= 15 is 0 Å².